The van der Waals surface area contributed by atoms with E-state index < -0.39 is 11.6 Å². The zero-order valence-corrected chi connectivity index (χ0v) is 10.4. The Hall–Kier alpha value is -0.960. The number of hydrogen-bond donors (Lipinski definition) is 1. The van der Waals surface area contributed by atoms with E-state index in [9.17, 15) is 8.78 Å². The molecule has 0 aliphatic heterocycles. The van der Waals surface area contributed by atoms with Crippen molar-refractivity contribution >= 4 is 0 Å². The topological polar surface area (TPSA) is 26.0 Å². The molecule has 2 N–H and O–H groups in total. The van der Waals surface area contributed by atoms with Gasteiger partial charge in [0.25, 0.3) is 0 Å². The Kier molecular flexibility index (Phi) is 3.10. The van der Waals surface area contributed by atoms with Crippen LogP contribution in [0.2, 0.25) is 0 Å². The van der Waals surface area contributed by atoms with E-state index in [4.69, 9.17) is 5.73 Å². The third-order valence-corrected chi connectivity index (χ3v) is 4.82. The molecule has 4 unspecified atom stereocenters. The van der Waals surface area contributed by atoms with Crippen LogP contribution in [0.15, 0.2) is 18.2 Å². The molecule has 0 saturated heterocycles. The van der Waals surface area contributed by atoms with Gasteiger partial charge in [-0.2, -0.15) is 0 Å². The van der Waals surface area contributed by atoms with Crippen molar-refractivity contribution in [3.63, 3.8) is 0 Å². The van der Waals surface area contributed by atoms with Gasteiger partial charge in [-0.1, -0.05) is 18.6 Å². The van der Waals surface area contributed by atoms with Gasteiger partial charge in [0.05, 0.1) is 0 Å². The van der Waals surface area contributed by atoms with E-state index in [2.05, 4.69) is 0 Å². The lowest BCUT2D eigenvalue weighted by Gasteiger charge is -2.25. The van der Waals surface area contributed by atoms with Crippen LogP contribution in [0.4, 0.5) is 8.78 Å². The van der Waals surface area contributed by atoms with Crippen LogP contribution >= 0.6 is 0 Å². The molecule has 0 heterocycles. The van der Waals surface area contributed by atoms with Crippen LogP contribution in [-0.4, -0.2) is 0 Å². The Morgan fingerprint density at radius 2 is 2.06 bits per heavy atom. The highest BCUT2D eigenvalue weighted by atomic mass is 19.2. The van der Waals surface area contributed by atoms with Crippen LogP contribution in [0.5, 0.6) is 0 Å². The summed E-state index contributed by atoms with van der Waals surface area (Å²) in [5.74, 6) is 0.688. The zero-order chi connectivity index (χ0) is 12.7. The number of halogens is 2. The van der Waals surface area contributed by atoms with Crippen LogP contribution in [0.25, 0.3) is 0 Å². The van der Waals surface area contributed by atoms with E-state index >= 15 is 0 Å². The summed E-state index contributed by atoms with van der Waals surface area (Å²) in [6, 6.07) is 3.92. The van der Waals surface area contributed by atoms with Gasteiger partial charge in [0.1, 0.15) is 0 Å². The minimum Gasteiger partial charge on any atom is -0.324 e. The Morgan fingerprint density at radius 3 is 2.72 bits per heavy atom. The quantitative estimate of drug-likeness (QED) is 0.869. The minimum atomic E-state index is -0.795. The first-order chi connectivity index (χ1) is 8.65. The number of rotatable bonds is 3. The molecule has 2 aliphatic carbocycles. The Labute approximate surface area is 106 Å². The van der Waals surface area contributed by atoms with Gasteiger partial charge >= 0.3 is 0 Å². The zero-order valence-electron chi connectivity index (χ0n) is 10.4. The average molecular weight is 251 g/mol. The van der Waals surface area contributed by atoms with Gasteiger partial charge in [-0.15, -0.1) is 0 Å². The van der Waals surface area contributed by atoms with Crippen molar-refractivity contribution in [1.29, 1.82) is 0 Å². The molecule has 18 heavy (non-hydrogen) atoms. The normalized spacial score (nSPS) is 31.8. The number of nitrogens with two attached hydrogens (primary N) is 1. The summed E-state index contributed by atoms with van der Waals surface area (Å²) in [5.41, 5.74) is 6.40. The first-order valence-electron chi connectivity index (χ1n) is 6.84. The van der Waals surface area contributed by atoms with Crippen molar-refractivity contribution < 1.29 is 8.78 Å². The van der Waals surface area contributed by atoms with E-state index in [0.717, 1.165) is 24.3 Å². The highest BCUT2D eigenvalue weighted by molar-refractivity contribution is 5.22. The van der Waals surface area contributed by atoms with E-state index in [0.29, 0.717) is 11.5 Å². The highest BCUT2D eigenvalue weighted by Crippen LogP contribution is 2.50. The van der Waals surface area contributed by atoms with Crippen LogP contribution in [-0.2, 0) is 0 Å². The third kappa shape index (κ3) is 2.05. The lowest BCUT2D eigenvalue weighted by molar-refractivity contribution is 0.293. The monoisotopic (exact) mass is 251 g/mol. The molecular weight excluding hydrogens is 232 g/mol. The number of hydrogen-bond acceptors (Lipinski definition) is 1. The van der Waals surface area contributed by atoms with E-state index in [-0.39, 0.29) is 6.04 Å². The van der Waals surface area contributed by atoms with Crippen molar-refractivity contribution in [3.05, 3.63) is 35.4 Å². The van der Waals surface area contributed by atoms with Crippen LogP contribution in [0, 0.1) is 29.4 Å². The van der Waals surface area contributed by atoms with E-state index in [1.54, 1.807) is 6.07 Å². The molecule has 98 valence electrons. The summed E-state index contributed by atoms with van der Waals surface area (Å²) in [7, 11) is 0. The van der Waals surface area contributed by atoms with E-state index in [1.165, 1.54) is 31.7 Å². The Morgan fingerprint density at radius 1 is 1.22 bits per heavy atom. The molecule has 2 saturated carbocycles. The van der Waals surface area contributed by atoms with Crippen molar-refractivity contribution in [1.82, 2.24) is 0 Å². The summed E-state index contributed by atoms with van der Waals surface area (Å²) >= 11 is 0. The molecule has 0 aromatic heterocycles. The second-order valence-electron chi connectivity index (χ2n) is 5.92. The molecule has 2 fully saturated rings. The van der Waals surface area contributed by atoms with Crippen LogP contribution in [0.3, 0.4) is 0 Å². The second-order valence-corrected chi connectivity index (χ2v) is 5.92. The molecule has 3 heteroatoms. The highest BCUT2D eigenvalue weighted by Gasteiger charge is 2.40. The molecule has 1 aromatic carbocycles. The smallest absolute Gasteiger partial charge is 0.163 e. The maximum Gasteiger partial charge on any atom is 0.163 e. The Bertz CT molecular complexity index is 446. The fourth-order valence-corrected chi connectivity index (χ4v) is 3.93. The van der Waals surface area contributed by atoms with Gasteiger partial charge in [0, 0.05) is 11.6 Å². The molecule has 2 bridgehead atoms. The van der Waals surface area contributed by atoms with Gasteiger partial charge < -0.3 is 5.73 Å². The molecule has 0 radical (unpaired) electrons. The Balaban J connectivity index is 1.71. The summed E-state index contributed by atoms with van der Waals surface area (Å²) in [6.07, 6.45) is 6.00. The van der Waals surface area contributed by atoms with Crippen molar-refractivity contribution in [2.45, 2.75) is 38.1 Å². The lowest BCUT2D eigenvalue weighted by atomic mass is 9.83. The predicted molar refractivity (Wildman–Crippen MR) is 66.8 cm³/mol. The molecule has 0 amide bonds. The van der Waals surface area contributed by atoms with Crippen molar-refractivity contribution in [2.75, 3.05) is 0 Å². The second kappa shape index (κ2) is 4.61. The van der Waals surface area contributed by atoms with Gasteiger partial charge in [0.2, 0.25) is 0 Å². The third-order valence-electron chi connectivity index (χ3n) is 4.82. The summed E-state index contributed by atoms with van der Waals surface area (Å²) in [4.78, 5) is 0. The maximum atomic E-state index is 13.7. The molecule has 0 spiro atoms. The molecule has 1 aromatic rings. The summed E-state index contributed by atoms with van der Waals surface area (Å²) < 4.78 is 26.8. The average Bonchev–Trinajstić information content (AvgIpc) is 2.94. The van der Waals surface area contributed by atoms with Gasteiger partial charge in [-0.25, -0.2) is 8.78 Å². The standard InChI is InChI=1S/C15H19F2N/c16-13-3-1-2-12(15(13)17)14(18)8-11-7-9-4-5-10(11)6-9/h1-3,9-11,14H,4-8,18H2. The lowest BCUT2D eigenvalue weighted by Crippen LogP contribution is -2.20. The van der Waals surface area contributed by atoms with Crippen molar-refractivity contribution in [2.24, 2.45) is 23.5 Å². The fourth-order valence-electron chi connectivity index (χ4n) is 3.93. The number of benzene rings is 1. The first-order valence-corrected chi connectivity index (χ1v) is 6.84. The van der Waals surface area contributed by atoms with Crippen LogP contribution in [0.1, 0.15) is 43.7 Å². The van der Waals surface area contributed by atoms with Gasteiger partial charge in [0.15, 0.2) is 11.6 Å². The van der Waals surface area contributed by atoms with E-state index in [1.807, 2.05) is 0 Å². The van der Waals surface area contributed by atoms with Gasteiger partial charge in [-0.05, 0) is 49.5 Å². The largest absolute Gasteiger partial charge is 0.324 e. The van der Waals surface area contributed by atoms with Gasteiger partial charge in [-0.3, -0.25) is 0 Å². The first kappa shape index (κ1) is 12.1. The minimum absolute atomic E-state index is 0.331. The SMILES string of the molecule is NC(CC1CC2CCC1C2)c1cccc(F)c1F. The molecule has 4 atom stereocenters. The fraction of sp³-hybridized carbons (Fsp3) is 0.600. The van der Waals surface area contributed by atoms with Crippen LogP contribution < -0.4 is 5.73 Å². The molecular formula is C15H19F2N. The summed E-state index contributed by atoms with van der Waals surface area (Å²) in [5, 5.41) is 0. The molecule has 1 nitrogen and oxygen atoms in total. The number of fused-ring (bicyclic) bond motifs is 2. The summed E-state index contributed by atoms with van der Waals surface area (Å²) in [6.45, 7) is 0. The predicted octanol–water partition coefficient (Wildman–Crippen LogP) is 3.79. The molecule has 3 rings (SSSR count). The van der Waals surface area contributed by atoms with Crippen molar-refractivity contribution in [3.8, 4) is 0 Å². The maximum absolute atomic E-state index is 13.7. The molecule has 2 aliphatic rings.